The molecule has 7 nitrogen and oxygen atoms in total. The van der Waals surface area contributed by atoms with Gasteiger partial charge in [0.25, 0.3) is 5.91 Å². The van der Waals surface area contributed by atoms with E-state index in [2.05, 4.69) is 25.9 Å². The summed E-state index contributed by atoms with van der Waals surface area (Å²) in [6.45, 7) is 1.81. The highest BCUT2D eigenvalue weighted by Crippen LogP contribution is 2.20. The van der Waals surface area contributed by atoms with E-state index < -0.39 is 0 Å². The molecule has 0 aliphatic rings. The molecule has 0 saturated carbocycles. The van der Waals surface area contributed by atoms with Gasteiger partial charge in [0.2, 0.25) is 0 Å². The minimum Gasteiger partial charge on any atom is -0.353 e. The van der Waals surface area contributed by atoms with Crippen molar-refractivity contribution < 1.29 is 4.79 Å². The van der Waals surface area contributed by atoms with Crippen LogP contribution in [-0.2, 0) is 7.05 Å². The molecule has 1 aromatic carbocycles. The standard InChI is InChI=1S/C15H16N6O/c1-10-14(8-16-20-10)15(22)19-12-5-3-4-11(6-12)18-13-7-17-21(2)9-13/h3-9,18H,1-2H3,(H,16,20)(H,19,22). The van der Waals surface area contributed by atoms with Crippen molar-refractivity contribution in [2.24, 2.45) is 7.05 Å². The number of rotatable bonds is 4. The zero-order valence-corrected chi connectivity index (χ0v) is 12.3. The molecule has 3 rings (SSSR count). The Kier molecular flexibility index (Phi) is 3.61. The maximum absolute atomic E-state index is 12.2. The molecule has 0 bridgehead atoms. The monoisotopic (exact) mass is 296 g/mol. The van der Waals surface area contributed by atoms with Crippen LogP contribution < -0.4 is 10.6 Å². The molecule has 0 aliphatic heterocycles. The number of aromatic nitrogens is 4. The van der Waals surface area contributed by atoms with E-state index in [0.717, 1.165) is 17.1 Å². The Morgan fingerprint density at radius 2 is 2.05 bits per heavy atom. The number of nitrogens with one attached hydrogen (secondary N) is 3. The second-order valence-electron chi connectivity index (χ2n) is 4.97. The second kappa shape index (κ2) is 5.72. The van der Waals surface area contributed by atoms with Gasteiger partial charge in [-0.15, -0.1) is 0 Å². The van der Waals surface area contributed by atoms with Crippen LogP contribution >= 0.6 is 0 Å². The Morgan fingerprint density at radius 3 is 2.73 bits per heavy atom. The third-order valence-corrected chi connectivity index (χ3v) is 3.19. The third kappa shape index (κ3) is 2.98. The lowest BCUT2D eigenvalue weighted by Gasteiger charge is -2.08. The van der Waals surface area contributed by atoms with Gasteiger partial charge in [0.05, 0.1) is 23.6 Å². The van der Waals surface area contributed by atoms with Gasteiger partial charge in [-0.1, -0.05) is 6.07 Å². The Morgan fingerprint density at radius 1 is 1.23 bits per heavy atom. The molecule has 22 heavy (non-hydrogen) atoms. The van der Waals surface area contributed by atoms with Gasteiger partial charge in [0, 0.05) is 30.3 Å². The van der Waals surface area contributed by atoms with E-state index in [0.29, 0.717) is 11.3 Å². The van der Waals surface area contributed by atoms with Crippen LogP contribution in [0.25, 0.3) is 0 Å². The second-order valence-corrected chi connectivity index (χ2v) is 4.97. The third-order valence-electron chi connectivity index (χ3n) is 3.19. The summed E-state index contributed by atoms with van der Waals surface area (Å²) in [6.07, 6.45) is 5.13. The Hall–Kier alpha value is -3.09. The molecule has 3 N–H and O–H groups in total. The van der Waals surface area contributed by atoms with Gasteiger partial charge in [-0.3, -0.25) is 14.6 Å². The highest BCUT2D eigenvalue weighted by atomic mass is 16.1. The fourth-order valence-electron chi connectivity index (χ4n) is 2.11. The molecule has 112 valence electrons. The normalized spacial score (nSPS) is 10.5. The quantitative estimate of drug-likeness (QED) is 0.690. The molecule has 0 spiro atoms. The molecule has 0 unspecified atom stereocenters. The molecular formula is C15H16N6O. The van der Waals surface area contributed by atoms with Crippen LogP contribution in [0.3, 0.4) is 0 Å². The van der Waals surface area contributed by atoms with Crippen molar-refractivity contribution in [1.82, 2.24) is 20.0 Å². The Balaban J connectivity index is 1.74. The zero-order valence-electron chi connectivity index (χ0n) is 12.3. The summed E-state index contributed by atoms with van der Waals surface area (Å²) in [7, 11) is 1.86. The lowest BCUT2D eigenvalue weighted by molar-refractivity contribution is 0.102. The first kappa shape index (κ1) is 13.9. The smallest absolute Gasteiger partial charge is 0.259 e. The van der Waals surface area contributed by atoms with Crippen LogP contribution in [0.5, 0.6) is 0 Å². The SMILES string of the molecule is Cc1[nH]ncc1C(=O)Nc1cccc(Nc2cnn(C)c2)c1. The van der Waals surface area contributed by atoms with E-state index in [4.69, 9.17) is 0 Å². The van der Waals surface area contributed by atoms with Gasteiger partial charge in [0.1, 0.15) is 0 Å². The van der Waals surface area contributed by atoms with Crippen molar-refractivity contribution in [1.29, 1.82) is 0 Å². The number of aryl methyl sites for hydroxylation is 2. The fourth-order valence-corrected chi connectivity index (χ4v) is 2.11. The van der Waals surface area contributed by atoms with Crippen LogP contribution in [0.2, 0.25) is 0 Å². The number of H-pyrrole nitrogens is 1. The van der Waals surface area contributed by atoms with Crippen LogP contribution in [0.1, 0.15) is 16.1 Å². The van der Waals surface area contributed by atoms with Crippen molar-refractivity contribution >= 4 is 23.0 Å². The summed E-state index contributed by atoms with van der Waals surface area (Å²) in [5.41, 5.74) is 3.73. The number of amides is 1. The highest BCUT2D eigenvalue weighted by molar-refractivity contribution is 6.05. The number of aromatic amines is 1. The largest absolute Gasteiger partial charge is 0.353 e. The number of carbonyl (C=O) groups excluding carboxylic acids is 1. The minimum absolute atomic E-state index is 0.190. The molecule has 7 heteroatoms. The average molecular weight is 296 g/mol. The first-order valence-corrected chi connectivity index (χ1v) is 6.79. The number of hydrogen-bond donors (Lipinski definition) is 3. The molecule has 0 fully saturated rings. The van der Waals surface area contributed by atoms with E-state index in [1.807, 2.05) is 44.4 Å². The number of anilines is 3. The number of nitrogens with zero attached hydrogens (tertiary/aromatic N) is 3. The summed E-state index contributed by atoms with van der Waals surface area (Å²) in [6, 6.07) is 7.49. The zero-order chi connectivity index (χ0) is 15.5. The molecule has 2 aromatic heterocycles. The van der Waals surface area contributed by atoms with Crippen molar-refractivity contribution in [3.05, 3.63) is 54.1 Å². The maximum Gasteiger partial charge on any atom is 0.259 e. The maximum atomic E-state index is 12.2. The van der Waals surface area contributed by atoms with Crippen LogP contribution in [0.4, 0.5) is 17.1 Å². The fraction of sp³-hybridized carbons (Fsp3) is 0.133. The van der Waals surface area contributed by atoms with Crippen molar-refractivity contribution in [2.45, 2.75) is 6.92 Å². The molecule has 0 aliphatic carbocycles. The molecule has 0 saturated heterocycles. The van der Waals surface area contributed by atoms with E-state index in [1.165, 1.54) is 6.20 Å². The summed E-state index contributed by atoms with van der Waals surface area (Å²) in [5.74, 6) is -0.190. The Labute approximate surface area is 127 Å². The number of hydrogen-bond acceptors (Lipinski definition) is 4. The molecule has 2 heterocycles. The molecular weight excluding hydrogens is 280 g/mol. The molecule has 3 aromatic rings. The average Bonchev–Trinajstić information content (AvgIpc) is 3.08. The van der Waals surface area contributed by atoms with E-state index in [-0.39, 0.29) is 5.91 Å². The summed E-state index contributed by atoms with van der Waals surface area (Å²) >= 11 is 0. The van der Waals surface area contributed by atoms with Crippen LogP contribution in [0.15, 0.2) is 42.9 Å². The Bertz CT molecular complexity index is 804. The van der Waals surface area contributed by atoms with Crippen molar-refractivity contribution in [2.75, 3.05) is 10.6 Å². The minimum atomic E-state index is -0.190. The summed E-state index contributed by atoms with van der Waals surface area (Å²) in [5, 5.41) is 16.8. The first-order valence-electron chi connectivity index (χ1n) is 6.79. The van der Waals surface area contributed by atoms with E-state index >= 15 is 0 Å². The van der Waals surface area contributed by atoms with Gasteiger partial charge < -0.3 is 10.6 Å². The van der Waals surface area contributed by atoms with E-state index in [1.54, 1.807) is 10.9 Å². The van der Waals surface area contributed by atoms with Gasteiger partial charge in [-0.2, -0.15) is 10.2 Å². The molecule has 1 amide bonds. The van der Waals surface area contributed by atoms with Gasteiger partial charge in [-0.25, -0.2) is 0 Å². The highest BCUT2D eigenvalue weighted by Gasteiger charge is 2.11. The lowest BCUT2D eigenvalue weighted by atomic mass is 10.2. The first-order chi connectivity index (χ1) is 10.6. The lowest BCUT2D eigenvalue weighted by Crippen LogP contribution is -2.12. The topological polar surface area (TPSA) is 87.6 Å². The number of benzene rings is 1. The van der Waals surface area contributed by atoms with Crippen molar-refractivity contribution in [3.8, 4) is 0 Å². The molecule has 0 radical (unpaired) electrons. The number of carbonyl (C=O) groups is 1. The van der Waals surface area contributed by atoms with Gasteiger partial charge >= 0.3 is 0 Å². The van der Waals surface area contributed by atoms with E-state index in [9.17, 15) is 4.79 Å². The van der Waals surface area contributed by atoms with Crippen LogP contribution in [0, 0.1) is 6.92 Å². The predicted octanol–water partition coefficient (Wildman–Crippen LogP) is 2.45. The predicted molar refractivity (Wildman–Crippen MR) is 84.2 cm³/mol. The van der Waals surface area contributed by atoms with Gasteiger partial charge in [0.15, 0.2) is 0 Å². The molecule has 0 atom stereocenters. The van der Waals surface area contributed by atoms with Crippen molar-refractivity contribution in [3.63, 3.8) is 0 Å². The van der Waals surface area contributed by atoms with Gasteiger partial charge in [-0.05, 0) is 25.1 Å². The summed E-state index contributed by atoms with van der Waals surface area (Å²) < 4.78 is 1.72. The summed E-state index contributed by atoms with van der Waals surface area (Å²) in [4.78, 5) is 12.2. The van der Waals surface area contributed by atoms with Crippen LogP contribution in [-0.4, -0.2) is 25.9 Å².